The Morgan fingerprint density at radius 1 is 1.28 bits per heavy atom. The molecule has 1 N–H and O–H groups in total. The van der Waals surface area contributed by atoms with Crippen LogP contribution in [0.15, 0.2) is 35.2 Å². The minimum atomic E-state index is -0.528. The zero-order chi connectivity index (χ0) is 23.4. The van der Waals surface area contributed by atoms with Crippen LogP contribution in [0, 0.1) is 10.5 Å². The van der Waals surface area contributed by atoms with Gasteiger partial charge in [0.2, 0.25) is 5.91 Å². The number of hydrogen-bond acceptors (Lipinski definition) is 6. The first kappa shape index (κ1) is 24.4. The van der Waals surface area contributed by atoms with Crippen LogP contribution < -0.4 is 14.8 Å². The number of amides is 3. The summed E-state index contributed by atoms with van der Waals surface area (Å²) in [7, 11) is 1.53. The number of rotatable bonds is 7. The summed E-state index contributed by atoms with van der Waals surface area (Å²) in [5.41, 5.74) is 2.05. The van der Waals surface area contributed by atoms with E-state index < -0.39 is 23.6 Å². The van der Waals surface area contributed by atoms with Crippen LogP contribution >= 0.6 is 46.0 Å². The fraction of sp³-hybridized carbons (Fsp3) is 0.227. The number of carbonyl (C=O) groups excluding carboxylic acids is 3. The van der Waals surface area contributed by atoms with Crippen molar-refractivity contribution in [2.75, 3.05) is 25.6 Å². The molecule has 1 fully saturated rings. The van der Waals surface area contributed by atoms with E-state index in [1.165, 1.54) is 7.11 Å². The average molecular weight is 587 g/mol. The van der Waals surface area contributed by atoms with E-state index in [9.17, 15) is 14.4 Å². The van der Waals surface area contributed by atoms with Crippen LogP contribution in [0.2, 0.25) is 5.02 Å². The summed E-state index contributed by atoms with van der Waals surface area (Å²) in [6, 6.07) is 8.65. The molecule has 0 aromatic heterocycles. The second kappa shape index (κ2) is 10.6. The van der Waals surface area contributed by atoms with Gasteiger partial charge < -0.3 is 14.8 Å². The number of carbonyl (C=O) groups is 3. The van der Waals surface area contributed by atoms with Gasteiger partial charge in [-0.25, -0.2) is 0 Å². The highest BCUT2D eigenvalue weighted by molar-refractivity contribution is 14.1. The number of aryl methyl sites for hydroxylation is 1. The number of anilines is 1. The highest BCUT2D eigenvalue weighted by Gasteiger charge is 2.36. The van der Waals surface area contributed by atoms with Crippen molar-refractivity contribution in [3.63, 3.8) is 0 Å². The lowest BCUT2D eigenvalue weighted by Crippen LogP contribution is -2.36. The lowest BCUT2D eigenvalue weighted by Gasteiger charge is -2.13. The summed E-state index contributed by atoms with van der Waals surface area (Å²) < 4.78 is 11.8. The molecular formula is C22H20ClIN2O5S. The molecule has 0 atom stereocenters. The Hall–Kier alpha value is -2.24. The van der Waals surface area contributed by atoms with Crippen molar-refractivity contribution in [3.05, 3.63) is 55.0 Å². The average Bonchev–Trinajstić information content (AvgIpc) is 2.99. The number of thioether (sulfide) groups is 1. The standard InChI is InChI=1S/C22H20ClIN2O5S/c1-4-31-20-16(24)7-13(8-17(20)30-3)9-18-21(28)26(22(29)32-18)11-19(27)25-14-6-5-12(2)15(23)10-14/h5-10H,4,11H2,1-3H3,(H,25,27)/b18-9+. The number of nitrogens with one attached hydrogen (secondary N) is 1. The van der Waals surface area contributed by atoms with Gasteiger partial charge >= 0.3 is 0 Å². The largest absolute Gasteiger partial charge is 0.493 e. The molecule has 1 aliphatic rings. The molecule has 0 radical (unpaired) electrons. The minimum absolute atomic E-state index is 0.225. The molecule has 10 heteroatoms. The van der Waals surface area contributed by atoms with Crippen molar-refractivity contribution in [1.82, 2.24) is 4.90 Å². The number of nitrogens with zero attached hydrogens (tertiary/aromatic N) is 1. The molecule has 0 spiro atoms. The molecule has 3 amide bonds. The molecule has 0 unspecified atom stereocenters. The first-order chi connectivity index (χ1) is 15.2. The maximum Gasteiger partial charge on any atom is 0.294 e. The highest BCUT2D eigenvalue weighted by Crippen LogP contribution is 2.37. The topological polar surface area (TPSA) is 84.9 Å². The Morgan fingerprint density at radius 3 is 2.69 bits per heavy atom. The van der Waals surface area contributed by atoms with Gasteiger partial charge in [0.05, 0.1) is 22.2 Å². The molecule has 32 heavy (non-hydrogen) atoms. The second-order valence-corrected chi connectivity index (χ2v) is 9.31. The predicted molar refractivity (Wildman–Crippen MR) is 134 cm³/mol. The Balaban J connectivity index is 1.75. The van der Waals surface area contributed by atoms with E-state index in [0.717, 1.165) is 25.8 Å². The van der Waals surface area contributed by atoms with Crippen molar-refractivity contribution in [2.45, 2.75) is 13.8 Å². The number of hydrogen-bond donors (Lipinski definition) is 1. The van der Waals surface area contributed by atoms with Crippen LogP contribution in [-0.4, -0.2) is 42.2 Å². The highest BCUT2D eigenvalue weighted by atomic mass is 127. The SMILES string of the molecule is CCOc1c(I)cc(/C=C2/SC(=O)N(CC(=O)Nc3ccc(C)c(Cl)c3)C2=O)cc1OC. The molecule has 7 nitrogen and oxygen atoms in total. The normalized spacial score (nSPS) is 14.8. The Labute approximate surface area is 208 Å². The van der Waals surface area contributed by atoms with Gasteiger partial charge in [0, 0.05) is 10.7 Å². The zero-order valence-corrected chi connectivity index (χ0v) is 21.3. The number of methoxy groups -OCH3 is 1. The summed E-state index contributed by atoms with van der Waals surface area (Å²) in [4.78, 5) is 38.7. The van der Waals surface area contributed by atoms with Gasteiger partial charge in [0.15, 0.2) is 11.5 Å². The Morgan fingerprint density at radius 2 is 2.03 bits per heavy atom. The smallest absolute Gasteiger partial charge is 0.294 e. The summed E-state index contributed by atoms with van der Waals surface area (Å²) in [5, 5.41) is 2.66. The third-order valence-corrected chi connectivity index (χ3v) is 6.58. The second-order valence-electron chi connectivity index (χ2n) is 6.75. The number of imide groups is 1. The van der Waals surface area contributed by atoms with Gasteiger partial charge in [0.25, 0.3) is 11.1 Å². The molecule has 168 valence electrons. The fourth-order valence-electron chi connectivity index (χ4n) is 2.91. The zero-order valence-electron chi connectivity index (χ0n) is 17.5. The third-order valence-electron chi connectivity index (χ3n) is 4.47. The quantitative estimate of drug-likeness (QED) is 0.349. The van der Waals surface area contributed by atoms with Crippen molar-refractivity contribution < 1.29 is 23.9 Å². The maximum absolute atomic E-state index is 12.8. The first-order valence-corrected chi connectivity index (χ1v) is 11.8. The van der Waals surface area contributed by atoms with E-state index in [1.54, 1.807) is 30.3 Å². The summed E-state index contributed by atoms with van der Waals surface area (Å²) in [6.45, 7) is 3.82. The van der Waals surface area contributed by atoms with Crippen molar-refractivity contribution in [1.29, 1.82) is 0 Å². The van der Waals surface area contributed by atoms with Crippen LogP contribution in [0.3, 0.4) is 0 Å². The molecule has 1 heterocycles. The van der Waals surface area contributed by atoms with Gasteiger partial charge in [-0.15, -0.1) is 0 Å². The minimum Gasteiger partial charge on any atom is -0.493 e. The molecule has 1 saturated heterocycles. The van der Waals surface area contributed by atoms with Gasteiger partial charge in [-0.3, -0.25) is 19.3 Å². The monoisotopic (exact) mass is 586 g/mol. The van der Waals surface area contributed by atoms with E-state index in [2.05, 4.69) is 27.9 Å². The van der Waals surface area contributed by atoms with Gasteiger partial charge in [0.1, 0.15) is 6.54 Å². The molecule has 0 bridgehead atoms. The van der Waals surface area contributed by atoms with Crippen LogP contribution in [-0.2, 0) is 9.59 Å². The summed E-state index contributed by atoms with van der Waals surface area (Å²) in [6.07, 6.45) is 1.60. The maximum atomic E-state index is 12.8. The van der Waals surface area contributed by atoms with E-state index >= 15 is 0 Å². The Bertz CT molecular complexity index is 1120. The van der Waals surface area contributed by atoms with E-state index in [0.29, 0.717) is 34.4 Å². The third kappa shape index (κ3) is 5.57. The van der Waals surface area contributed by atoms with Crippen molar-refractivity contribution in [2.24, 2.45) is 0 Å². The fourth-order valence-corrected chi connectivity index (χ4v) is 4.71. The van der Waals surface area contributed by atoms with Crippen LogP contribution in [0.25, 0.3) is 6.08 Å². The van der Waals surface area contributed by atoms with Crippen molar-refractivity contribution in [3.8, 4) is 11.5 Å². The molecule has 0 aliphatic carbocycles. The summed E-state index contributed by atoms with van der Waals surface area (Å²) in [5.74, 6) is 0.125. The number of halogens is 2. The number of benzene rings is 2. The molecule has 2 aromatic carbocycles. The van der Waals surface area contributed by atoms with Crippen LogP contribution in [0.5, 0.6) is 11.5 Å². The molecule has 2 aromatic rings. The predicted octanol–water partition coefficient (Wildman–Crippen LogP) is 5.34. The lowest BCUT2D eigenvalue weighted by atomic mass is 10.2. The molecule has 0 saturated carbocycles. The lowest BCUT2D eigenvalue weighted by molar-refractivity contribution is -0.127. The molecular weight excluding hydrogens is 567 g/mol. The van der Waals surface area contributed by atoms with E-state index in [1.807, 2.05) is 19.9 Å². The molecule has 3 rings (SSSR count). The Kier molecular flexibility index (Phi) is 8.07. The van der Waals surface area contributed by atoms with Crippen molar-refractivity contribution >= 4 is 74.8 Å². The van der Waals surface area contributed by atoms with Gasteiger partial charge in [-0.2, -0.15) is 0 Å². The van der Waals surface area contributed by atoms with Gasteiger partial charge in [-0.1, -0.05) is 17.7 Å². The van der Waals surface area contributed by atoms with Crippen LogP contribution in [0.4, 0.5) is 10.5 Å². The molecule has 1 aliphatic heterocycles. The number of ether oxygens (including phenoxy) is 2. The summed E-state index contributed by atoms with van der Waals surface area (Å²) >= 11 is 8.98. The van der Waals surface area contributed by atoms with Gasteiger partial charge in [-0.05, 0) is 89.7 Å². The van der Waals surface area contributed by atoms with Crippen LogP contribution in [0.1, 0.15) is 18.1 Å². The first-order valence-electron chi connectivity index (χ1n) is 9.55. The van der Waals surface area contributed by atoms with E-state index in [-0.39, 0.29) is 4.91 Å². The van der Waals surface area contributed by atoms with E-state index in [4.69, 9.17) is 21.1 Å².